The lowest BCUT2D eigenvalue weighted by Crippen LogP contribution is -2.09. The summed E-state index contributed by atoms with van der Waals surface area (Å²) >= 11 is 0. The molecule has 6 heteroatoms. The van der Waals surface area contributed by atoms with Crippen molar-refractivity contribution in [2.24, 2.45) is 0 Å². The van der Waals surface area contributed by atoms with E-state index in [9.17, 15) is 4.79 Å². The zero-order chi connectivity index (χ0) is 15.1. The minimum absolute atomic E-state index is 0.184. The Balaban J connectivity index is 3.16. The monoisotopic (exact) mass is 285 g/mol. The molecule has 0 saturated heterocycles. The normalized spacial score (nSPS) is 10.0. The second-order valence-electron chi connectivity index (χ2n) is 4.00. The Morgan fingerprint density at radius 3 is 2.00 bits per heavy atom. The third-order valence-corrected chi connectivity index (χ3v) is 2.26. The number of hydrogen-bond donors (Lipinski definition) is 0. The lowest BCUT2D eigenvalue weighted by atomic mass is 10.3. The lowest BCUT2D eigenvalue weighted by molar-refractivity contribution is -0.138. The van der Waals surface area contributed by atoms with Gasteiger partial charge in [0.2, 0.25) is 0 Å². The molecule has 114 valence electrons. The maximum atomic E-state index is 11.0. The number of methoxy groups -OCH3 is 1. The van der Waals surface area contributed by atoms with Crippen molar-refractivity contribution >= 4 is 5.97 Å². The highest BCUT2D eigenvalue weighted by molar-refractivity contribution is 5.91. The van der Waals surface area contributed by atoms with Crippen LogP contribution in [0.25, 0.3) is 0 Å². The number of nitrogens with zero attached hydrogens (tertiary/aromatic N) is 1. The fourth-order valence-electron chi connectivity index (χ4n) is 1.23. The second-order valence-corrected chi connectivity index (χ2v) is 4.00. The number of hydrogen-bond acceptors (Lipinski definition) is 6. The lowest BCUT2D eigenvalue weighted by Gasteiger charge is -2.06. The summed E-state index contributed by atoms with van der Waals surface area (Å²) in [5.41, 5.74) is -0.184. The maximum Gasteiger partial charge on any atom is 0.348 e. The molecule has 0 radical (unpaired) electrons. The van der Waals surface area contributed by atoms with Gasteiger partial charge in [-0.25, -0.2) is 4.79 Å². The van der Waals surface area contributed by atoms with Gasteiger partial charge in [-0.2, -0.15) is 5.26 Å². The largest absolute Gasteiger partial charge is 0.461 e. The molecule has 0 rings (SSSR count). The van der Waals surface area contributed by atoms with E-state index in [0.29, 0.717) is 39.5 Å². The summed E-state index contributed by atoms with van der Waals surface area (Å²) in [5.74, 6) is -0.669. The van der Waals surface area contributed by atoms with Gasteiger partial charge >= 0.3 is 5.97 Å². The number of nitriles is 1. The molecule has 0 aliphatic carbocycles. The smallest absolute Gasteiger partial charge is 0.348 e. The maximum absolute atomic E-state index is 11.0. The quantitative estimate of drug-likeness (QED) is 0.221. The van der Waals surface area contributed by atoms with E-state index in [0.717, 1.165) is 12.8 Å². The van der Waals surface area contributed by atoms with Gasteiger partial charge < -0.3 is 18.9 Å². The average molecular weight is 285 g/mol. The van der Waals surface area contributed by atoms with Crippen LogP contribution in [0.4, 0.5) is 0 Å². The number of rotatable bonds is 13. The van der Waals surface area contributed by atoms with Gasteiger partial charge in [-0.05, 0) is 12.8 Å². The molecule has 0 bridgehead atoms. The fraction of sp³-hybridized carbons (Fsp3) is 0.714. The molecule has 0 aliphatic rings. The zero-order valence-electron chi connectivity index (χ0n) is 12.1. The molecule has 6 nitrogen and oxygen atoms in total. The zero-order valence-corrected chi connectivity index (χ0v) is 12.1. The summed E-state index contributed by atoms with van der Waals surface area (Å²) in [6, 6.07) is 1.64. The van der Waals surface area contributed by atoms with E-state index >= 15 is 0 Å². The highest BCUT2D eigenvalue weighted by Crippen LogP contribution is 1.95. The van der Waals surface area contributed by atoms with Gasteiger partial charge in [0.15, 0.2) is 0 Å². The first-order valence-electron chi connectivity index (χ1n) is 6.63. The minimum Gasteiger partial charge on any atom is -0.461 e. The summed E-state index contributed by atoms with van der Waals surface area (Å²) in [6.07, 6.45) is 2.33. The minimum atomic E-state index is -0.669. The van der Waals surface area contributed by atoms with Crippen LogP contribution in [0, 0.1) is 11.3 Å². The van der Waals surface area contributed by atoms with Gasteiger partial charge in [-0.15, -0.1) is 0 Å². The molecular formula is C14H23NO5. The van der Waals surface area contributed by atoms with Gasteiger partial charge in [-0.3, -0.25) is 0 Å². The summed E-state index contributed by atoms with van der Waals surface area (Å²) in [4.78, 5) is 11.0. The molecule has 20 heavy (non-hydrogen) atoms. The molecule has 0 fully saturated rings. The standard InChI is InChI=1S/C14H23NO5/c1-13(12-15)14(16)20-11-5-10-19-9-4-8-18-7-3-6-17-2/h1,3-11H2,2H3. The van der Waals surface area contributed by atoms with Crippen LogP contribution in [-0.2, 0) is 23.7 Å². The van der Waals surface area contributed by atoms with Crippen LogP contribution in [0.5, 0.6) is 0 Å². The molecule has 0 aromatic rings. The third-order valence-electron chi connectivity index (χ3n) is 2.26. The van der Waals surface area contributed by atoms with Crippen molar-refractivity contribution in [2.75, 3.05) is 46.8 Å². The molecule has 0 saturated carbocycles. The van der Waals surface area contributed by atoms with Crippen LogP contribution in [0.1, 0.15) is 19.3 Å². The molecular weight excluding hydrogens is 262 g/mol. The highest BCUT2D eigenvalue weighted by Gasteiger charge is 2.06. The Kier molecular flexibility index (Phi) is 13.0. The van der Waals surface area contributed by atoms with Crippen LogP contribution >= 0.6 is 0 Å². The molecule has 0 amide bonds. The van der Waals surface area contributed by atoms with E-state index in [1.54, 1.807) is 13.2 Å². The van der Waals surface area contributed by atoms with E-state index in [-0.39, 0.29) is 12.2 Å². The van der Waals surface area contributed by atoms with E-state index in [2.05, 4.69) is 6.58 Å². The van der Waals surface area contributed by atoms with Gasteiger partial charge in [0.25, 0.3) is 0 Å². The molecule has 0 aliphatic heterocycles. The van der Waals surface area contributed by atoms with Crippen molar-refractivity contribution in [3.8, 4) is 6.07 Å². The Labute approximate surface area is 120 Å². The summed E-state index contributed by atoms with van der Waals surface area (Å²) in [6.45, 7) is 6.70. The molecule has 0 N–H and O–H groups in total. The predicted molar refractivity (Wildman–Crippen MR) is 73.1 cm³/mol. The van der Waals surface area contributed by atoms with E-state index in [1.165, 1.54) is 0 Å². The van der Waals surface area contributed by atoms with Crippen LogP contribution in [0.3, 0.4) is 0 Å². The number of carbonyl (C=O) groups is 1. The molecule has 0 aromatic heterocycles. The Morgan fingerprint density at radius 2 is 1.50 bits per heavy atom. The van der Waals surface area contributed by atoms with E-state index in [4.69, 9.17) is 24.2 Å². The number of esters is 1. The third kappa shape index (κ3) is 11.7. The van der Waals surface area contributed by atoms with Gasteiger partial charge in [0, 0.05) is 46.6 Å². The summed E-state index contributed by atoms with van der Waals surface area (Å²) in [5, 5.41) is 8.40. The fourth-order valence-corrected chi connectivity index (χ4v) is 1.23. The van der Waals surface area contributed by atoms with Crippen molar-refractivity contribution in [3.63, 3.8) is 0 Å². The Morgan fingerprint density at radius 1 is 1.00 bits per heavy atom. The van der Waals surface area contributed by atoms with Crippen molar-refractivity contribution < 1.29 is 23.7 Å². The van der Waals surface area contributed by atoms with Crippen LogP contribution in [0.2, 0.25) is 0 Å². The number of ether oxygens (including phenoxy) is 4. The second kappa shape index (κ2) is 14.0. The summed E-state index contributed by atoms with van der Waals surface area (Å²) in [7, 11) is 1.67. The van der Waals surface area contributed by atoms with Crippen LogP contribution in [-0.4, -0.2) is 52.7 Å². The Bertz CT molecular complexity index is 311. The summed E-state index contributed by atoms with van der Waals surface area (Å²) < 4.78 is 20.4. The topological polar surface area (TPSA) is 77.8 Å². The van der Waals surface area contributed by atoms with E-state index < -0.39 is 5.97 Å². The first kappa shape index (κ1) is 18.6. The molecule has 0 atom stereocenters. The SMILES string of the molecule is C=C(C#N)C(=O)OCCCOCCCOCCCOC. The van der Waals surface area contributed by atoms with Crippen LogP contribution < -0.4 is 0 Å². The van der Waals surface area contributed by atoms with Crippen molar-refractivity contribution in [1.82, 2.24) is 0 Å². The molecule has 0 aromatic carbocycles. The van der Waals surface area contributed by atoms with Crippen LogP contribution in [0.15, 0.2) is 12.2 Å². The first-order valence-corrected chi connectivity index (χ1v) is 6.63. The van der Waals surface area contributed by atoms with Gasteiger partial charge in [0.1, 0.15) is 11.6 Å². The first-order chi connectivity index (χ1) is 9.72. The van der Waals surface area contributed by atoms with Crippen molar-refractivity contribution in [1.29, 1.82) is 5.26 Å². The van der Waals surface area contributed by atoms with Crippen molar-refractivity contribution in [2.45, 2.75) is 19.3 Å². The van der Waals surface area contributed by atoms with Crippen molar-refractivity contribution in [3.05, 3.63) is 12.2 Å². The highest BCUT2D eigenvalue weighted by atomic mass is 16.5. The predicted octanol–water partition coefficient (Wildman–Crippen LogP) is 1.46. The number of carbonyl (C=O) groups excluding carboxylic acids is 1. The van der Waals surface area contributed by atoms with Gasteiger partial charge in [-0.1, -0.05) is 6.58 Å². The Hall–Kier alpha value is -1.42. The average Bonchev–Trinajstić information content (AvgIpc) is 2.47. The molecule has 0 spiro atoms. The molecule has 0 heterocycles. The van der Waals surface area contributed by atoms with Gasteiger partial charge in [0.05, 0.1) is 6.61 Å². The van der Waals surface area contributed by atoms with E-state index in [1.807, 2.05) is 0 Å². The molecule has 0 unspecified atom stereocenters.